The maximum atomic E-state index is 11.5. The van der Waals surface area contributed by atoms with E-state index in [0.29, 0.717) is 12.5 Å². The minimum Gasteiger partial charge on any atom is -0.393 e. The third-order valence-electron chi connectivity index (χ3n) is 3.32. The first kappa shape index (κ1) is 14.0. The van der Waals surface area contributed by atoms with Crippen LogP contribution in [-0.2, 0) is 9.59 Å². The summed E-state index contributed by atoms with van der Waals surface area (Å²) in [7, 11) is 1.61. The van der Waals surface area contributed by atoms with Crippen molar-refractivity contribution >= 4 is 11.8 Å². The fourth-order valence-corrected chi connectivity index (χ4v) is 1.99. The van der Waals surface area contributed by atoms with Gasteiger partial charge in [0.25, 0.3) is 0 Å². The first-order chi connectivity index (χ1) is 7.99. The van der Waals surface area contributed by atoms with Crippen LogP contribution in [0.15, 0.2) is 0 Å². The molecule has 1 fully saturated rings. The lowest BCUT2D eigenvalue weighted by molar-refractivity contribution is -0.133. The van der Waals surface area contributed by atoms with E-state index in [1.807, 2.05) is 0 Å². The normalized spacial score (nSPS) is 24.2. The van der Waals surface area contributed by atoms with Gasteiger partial charge in [0.15, 0.2) is 0 Å². The largest absolute Gasteiger partial charge is 0.393 e. The molecule has 0 spiro atoms. The van der Waals surface area contributed by atoms with Crippen LogP contribution in [0, 0.1) is 5.92 Å². The SMILES string of the molecule is CC(=O)N(C)CC(=O)NCC1CCC(O)CC1. The monoisotopic (exact) mass is 242 g/mol. The zero-order valence-electron chi connectivity index (χ0n) is 10.6. The Balaban J connectivity index is 2.17. The van der Waals surface area contributed by atoms with Gasteiger partial charge in [-0.3, -0.25) is 9.59 Å². The third-order valence-corrected chi connectivity index (χ3v) is 3.32. The number of carbonyl (C=O) groups excluding carboxylic acids is 2. The summed E-state index contributed by atoms with van der Waals surface area (Å²) in [6.45, 7) is 2.21. The van der Waals surface area contributed by atoms with Gasteiger partial charge in [-0.1, -0.05) is 0 Å². The quantitative estimate of drug-likeness (QED) is 0.736. The van der Waals surface area contributed by atoms with Crippen molar-refractivity contribution in [1.82, 2.24) is 10.2 Å². The van der Waals surface area contributed by atoms with Crippen LogP contribution in [0.4, 0.5) is 0 Å². The van der Waals surface area contributed by atoms with Gasteiger partial charge in [0.2, 0.25) is 11.8 Å². The molecule has 1 saturated carbocycles. The summed E-state index contributed by atoms with van der Waals surface area (Å²) in [6.07, 6.45) is 3.42. The van der Waals surface area contributed by atoms with Gasteiger partial charge >= 0.3 is 0 Å². The maximum Gasteiger partial charge on any atom is 0.239 e. The molecule has 17 heavy (non-hydrogen) atoms. The van der Waals surface area contributed by atoms with Gasteiger partial charge < -0.3 is 15.3 Å². The number of aliphatic hydroxyl groups is 1. The van der Waals surface area contributed by atoms with Gasteiger partial charge in [0.05, 0.1) is 12.6 Å². The number of rotatable bonds is 4. The molecule has 0 saturated heterocycles. The second kappa shape index (κ2) is 6.59. The van der Waals surface area contributed by atoms with Crippen molar-refractivity contribution in [3.05, 3.63) is 0 Å². The van der Waals surface area contributed by atoms with Gasteiger partial charge in [0.1, 0.15) is 0 Å². The molecular weight excluding hydrogens is 220 g/mol. The molecule has 5 nitrogen and oxygen atoms in total. The highest BCUT2D eigenvalue weighted by Gasteiger charge is 2.19. The average Bonchev–Trinajstić information content (AvgIpc) is 2.28. The summed E-state index contributed by atoms with van der Waals surface area (Å²) in [6, 6.07) is 0. The maximum absolute atomic E-state index is 11.5. The molecule has 0 aromatic heterocycles. The highest BCUT2D eigenvalue weighted by molar-refractivity contribution is 5.83. The molecule has 1 aliphatic carbocycles. The van der Waals surface area contributed by atoms with E-state index in [1.54, 1.807) is 7.05 Å². The molecule has 1 aliphatic rings. The van der Waals surface area contributed by atoms with Crippen LogP contribution >= 0.6 is 0 Å². The van der Waals surface area contributed by atoms with E-state index in [-0.39, 0.29) is 24.5 Å². The molecule has 0 unspecified atom stereocenters. The standard InChI is InChI=1S/C12H22N2O3/c1-9(15)14(2)8-12(17)13-7-10-3-5-11(16)6-4-10/h10-11,16H,3-8H2,1-2H3,(H,13,17). The predicted octanol–water partition coefficient (Wildman–Crippen LogP) is 0.132. The molecule has 0 bridgehead atoms. The fraction of sp³-hybridized carbons (Fsp3) is 0.833. The predicted molar refractivity (Wildman–Crippen MR) is 64.3 cm³/mol. The molecule has 98 valence electrons. The van der Waals surface area contributed by atoms with Gasteiger partial charge in [-0.15, -0.1) is 0 Å². The van der Waals surface area contributed by atoms with Crippen molar-refractivity contribution in [3.63, 3.8) is 0 Å². The molecule has 5 heteroatoms. The number of hydrogen-bond donors (Lipinski definition) is 2. The van der Waals surface area contributed by atoms with E-state index in [2.05, 4.69) is 5.32 Å². The molecule has 0 aliphatic heterocycles. The Morgan fingerprint density at radius 2 is 1.88 bits per heavy atom. The summed E-state index contributed by atoms with van der Waals surface area (Å²) in [4.78, 5) is 23.8. The highest BCUT2D eigenvalue weighted by atomic mass is 16.3. The van der Waals surface area contributed by atoms with Gasteiger partial charge in [-0.2, -0.15) is 0 Å². The summed E-state index contributed by atoms with van der Waals surface area (Å²) < 4.78 is 0. The van der Waals surface area contributed by atoms with Crippen LogP contribution in [0.25, 0.3) is 0 Å². The number of amides is 2. The Morgan fingerprint density at radius 1 is 1.29 bits per heavy atom. The van der Waals surface area contributed by atoms with Crippen molar-refractivity contribution in [2.45, 2.75) is 38.7 Å². The smallest absolute Gasteiger partial charge is 0.239 e. The molecule has 2 amide bonds. The number of nitrogens with one attached hydrogen (secondary N) is 1. The first-order valence-corrected chi connectivity index (χ1v) is 6.15. The minimum atomic E-state index is -0.161. The van der Waals surface area contributed by atoms with E-state index in [0.717, 1.165) is 25.7 Å². The van der Waals surface area contributed by atoms with Crippen LogP contribution < -0.4 is 5.32 Å². The Morgan fingerprint density at radius 3 is 2.41 bits per heavy atom. The molecule has 2 N–H and O–H groups in total. The van der Waals surface area contributed by atoms with E-state index in [1.165, 1.54) is 11.8 Å². The second-order valence-electron chi connectivity index (χ2n) is 4.85. The number of aliphatic hydroxyl groups excluding tert-OH is 1. The lowest BCUT2D eigenvalue weighted by atomic mass is 9.87. The average molecular weight is 242 g/mol. The zero-order valence-corrected chi connectivity index (χ0v) is 10.6. The van der Waals surface area contributed by atoms with Crippen LogP contribution in [0.1, 0.15) is 32.6 Å². The van der Waals surface area contributed by atoms with Crippen molar-refractivity contribution in [1.29, 1.82) is 0 Å². The summed E-state index contributed by atoms with van der Waals surface area (Å²) in [5.41, 5.74) is 0. The third kappa shape index (κ3) is 5.17. The van der Waals surface area contributed by atoms with Crippen LogP contribution in [0.3, 0.4) is 0 Å². The Labute approximate surface area is 102 Å². The van der Waals surface area contributed by atoms with E-state index >= 15 is 0 Å². The number of nitrogens with zero attached hydrogens (tertiary/aromatic N) is 1. The number of likely N-dealkylation sites (N-methyl/N-ethyl adjacent to an activating group) is 1. The van der Waals surface area contributed by atoms with Gasteiger partial charge in [-0.25, -0.2) is 0 Å². The molecule has 0 radical (unpaired) electrons. The minimum absolute atomic E-state index is 0.110. The Kier molecular flexibility index (Phi) is 5.41. The van der Waals surface area contributed by atoms with Crippen molar-refractivity contribution in [2.75, 3.05) is 20.1 Å². The number of carbonyl (C=O) groups is 2. The second-order valence-corrected chi connectivity index (χ2v) is 4.85. The van der Waals surface area contributed by atoms with E-state index < -0.39 is 0 Å². The lowest BCUT2D eigenvalue weighted by Crippen LogP contribution is -2.39. The van der Waals surface area contributed by atoms with Crippen LogP contribution in [0.2, 0.25) is 0 Å². The molecule has 0 aromatic rings. The van der Waals surface area contributed by atoms with Crippen molar-refractivity contribution in [2.24, 2.45) is 5.92 Å². The Bertz CT molecular complexity index is 273. The molecule has 0 aromatic carbocycles. The van der Waals surface area contributed by atoms with Crippen molar-refractivity contribution < 1.29 is 14.7 Å². The topological polar surface area (TPSA) is 69.6 Å². The number of hydrogen-bond acceptors (Lipinski definition) is 3. The van der Waals surface area contributed by atoms with Crippen LogP contribution in [-0.4, -0.2) is 48.1 Å². The van der Waals surface area contributed by atoms with Gasteiger partial charge in [-0.05, 0) is 31.6 Å². The lowest BCUT2D eigenvalue weighted by Gasteiger charge is -2.25. The summed E-state index contributed by atoms with van der Waals surface area (Å²) in [5.74, 6) is 0.236. The first-order valence-electron chi connectivity index (χ1n) is 6.15. The van der Waals surface area contributed by atoms with E-state index in [4.69, 9.17) is 0 Å². The molecule has 0 atom stereocenters. The van der Waals surface area contributed by atoms with Crippen molar-refractivity contribution in [3.8, 4) is 0 Å². The van der Waals surface area contributed by atoms with Crippen LogP contribution in [0.5, 0.6) is 0 Å². The van der Waals surface area contributed by atoms with E-state index in [9.17, 15) is 14.7 Å². The zero-order chi connectivity index (χ0) is 12.8. The highest BCUT2D eigenvalue weighted by Crippen LogP contribution is 2.23. The summed E-state index contributed by atoms with van der Waals surface area (Å²) in [5, 5.41) is 12.2. The van der Waals surface area contributed by atoms with Gasteiger partial charge in [0, 0.05) is 20.5 Å². The molecular formula is C12H22N2O3. The Hall–Kier alpha value is -1.10. The molecule has 1 rings (SSSR count). The summed E-state index contributed by atoms with van der Waals surface area (Å²) >= 11 is 0. The molecule has 0 heterocycles. The fourth-order valence-electron chi connectivity index (χ4n) is 1.99.